The first-order valence-electron chi connectivity index (χ1n) is 1.17. The van der Waals surface area contributed by atoms with E-state index in [1.807, 2.05) is 0 Å². The van der Waals surface area contributed by atoms with Crippen molar-refractivity contribution in [3.8, 4) is 0 Å². The lowest BCUT2D eigenvalue weighted by molar-refractivity contribution is -0.352. The average molecular weight is 73.1 g/mol. The molecule has 0 bridgehead atoms. The summed E-state index contributed by atoms with van der Waals surface area (Å²) in [5.41, 5.74) is 0. The fourth-order valence-electron chi connectivity index (χ4n) is 0. The standard InChI is InChI=1S/C3H6O2/c1-3(4)5-2/h4H,1H2,2H3/p-1. The largest absolute Gasteiger partial charge is 0.617 e. The van der Waals surface area contributed by atoms with Gasteiger partial charge >= 0.3 is 0 Å². The van der Waals surface area contributed by atoms with Gasteiger partial charge in [-0.05, 0) is 7.11 Å². The second kappa shape index (κ2) is 1.64. The molecule has 0 amide bonds. The fourth-order valence-corrected chi connectivity index (χ4v) is 0. The third-order valence-corrected chi connectivity index (χ3v) is 0.228. The van der Waals surface area contributed by atoms with Crippen molar-refractivity contribution in [3.63, 3.8) is 0 Å². The van der Waals surface area contributed by atoms with Crippen molar-refractivity contribution < 1.29 is 9.84 Å². The zero-order valence-corrected chi connectivity index (χ0v) is 3.02. The average Bonchev–Trinajstić information content (AvgIpc) is 1.38. The lowest BCUT2D eigenvalue weighted by atomic mass is 11.0. The molecule has 0 atom stereocenters. The molecule has 0 aliphatic heterocycles. The van der Waals surface area contributed by atoms with Crippen LogP contribution in [-0.4, -0.2) is 7.11 Å². The molecule has 0 unspecified atom stereocenters. The lowest BCUT2D eigenvalue weighted by Crippen LogP contribution is -2.01. The number of hydrogen-bond donors (Lipinski definition) is 0. The van der Waals surface area contributed by atoms with Crippen LogP contribution >= 0.6 is 0 Å². The third kappa shape index (κ3) is 3.34. The molecule has 0 aromatic carbocycles. The van der Waals surface area contributed by atoms with Crippen molar-refractivity contribution in [1.29, 1.82) is 0 Å². The molecule has 0 aromatic heterocycles. The molecule has 0 saturated heterocycles. The molecule has 0 aliphatic rings. The van der Waals surface area contributed by atoms with Gasteiger partial charge in [-0.15, -0.1) is 0 Å². The molecule has 0 heterocycles. The molecular weight excluding hydrogens is 68.0 g/mol. The highest BCUT2D eigenvalue weighted by molar-refractivity contribution is 4.56. The summed E-state index contributed by atoms with van der Waals surface area (Å²) in [6.07, 6.45) is 0. The van der Waals surface area contributed by atoms with Crippen molar-refractivity contribution in [2.75, 3.05) is 7.11 Å². The van der Waals surface area contributed by atoms with Gasteiger partial charge in [0.25, 0.3) is 0 Å². The van der Waals surface area contributed by atoms with E-state index in [1.165, 1.54) is 7.11 Å². The summed E-state index contributed by atoms with van der Waals surface area (Å²) in [5.74, 6) is -0.495. The summed E-state index contributed by atoms with van der Waals surface area (Å²) in [6.45, 7) is 2.90. The minimum atomic E-state index is -0.495. The first-order chi connectivity index (χ1) is 2.27. The molecule has 0 radical (unpaired) electrons. The Labute approximate surface area is 30.7 Å². The van der Waals surface area contributed by atoms with Crippen LogP contribution in [0.2, 0.25) is 0 Å². The van der Waals surface area contributed by atoms with Gasteiger partial charge in [0, 0.05) is 5.95 Å². The van der Waals surface area contributed by atoms with E-state index in [1.54, 1.807) is 0 Å². The highest BCUT2D eigenvalue weighted by atomic mass is 16.6. The fraction of sp³-hybridized carbons (Fsp3) is 0.333. The zero-order valence-electron chi connectivity index (χ0n) is 3.02. The molecule has 5 heavy (non-hydrogen) atoms. The van der Waals surface area contributed by atoms with Crippen LogP contribution in [0.4, 0.5) is 0 Å². The van der Waals surface area contributed by atoms with E-state index in [0.29, 0.717) is 0 Å². The van der Waals surface area contributed by atoms with Gasteiger partial charge in [0.2, 0.25) is 0 Å². The highest BCUT2D eigenvalue weighted by Gasteiger charge is 1.52. The van der Waals surface area contributed by atoms with Crippen LogP contribution in [0.3, 0.4) is 0 Å². The number of rotatable bonds is 1. The molecule has 2 nitrogen and oxygen atoms in total. The molecule has 0 N–H and O–H groups in total. The first-order valence-corrected chi connectivity index (χ1v) is 1.17. The van der Waals surface area contributed by atoms with Gasteiger partial charge in [0.1, 0.15) is 0 Å². The number of methoxy groups -OCH3 is 1. The van der Waals surface area contributed by atoms with Crippen LogP contribution in [0.1, 0.15) is 0 Å². The summed E-state index contributed by atoms with van der Waals surface area (Å²) in [6, 6.07) is 0. The summed E-state index contributed by atoms with van der Waals surface area (Å²) in [4.78, 5) is 0. The van der Waals surface area contributed by atoms with E-state index in [2.05, 4.69) is 11.3 Å². The van der Waals surface area contributed by atoms with Crippen LogP contribution in [0.5, 0.6) is 0 Å². The maximum atomic E-state index is 9.48. The minimum Gasteiger partial charge on any atom is -0.617 e. The monoisotopic (exact) mass is 73.0 g/mol. The minimum absolute atomic E-state index is 0.495. The van der Waals surface area contributed by atoms with Crippen molar-refractivity contribution in [1.82, 2.24) is 0 Å². The van der Waals surface area contributed by atoms with Gasteiger partial charge in [0.15, 0.2) is 0 Å². The highest BCUT2D eigenvalue weighted by Crippen LogP contribution is 1.67. The number of hydrogen-bond acceptors (Lipinski definition) is 2. The van der Waals surface area contributed by atoms with Crippen LogP contribution in [0.25, 0.3) is 0 Å². The molecule has 2 heteroatoms. The van der Waals surface area contributed by atoms with Gasteiger partial charge in [-0.3, -0.25) is 0 Å². The predicted molar refractivity (Wildman–Crippen MR) is 16.1 cm³/mol. The zero-order chi connectivity index (χ0) is 4.28. The topological polar surface area (TPSA) is 32.3 Å². The summed E-state index contributed by atoms with van der Waals surface area (Å²) in [7, 11) is 1.29. The predicted octanol–water partition coefficient (Wildman–Crippen LogP) is -0.536. The van der Waals surface area contributed by atoms with Gasteiger partial charge in [-0.25, -0.2) is 0 Å². The SMILES string of the molecule is C=C([O-])OC. The molecule has 0 rings (SSSR count). The summed E-state index contributed by atoms with van der Waals surface area (Å²) < 4.78 is 4.00. The van der Waals surface area contributed by atoms with E-state index in [9.17, 15) is 5.11 Å². The van der Waals surface area contributed by atoms with E-state index >= 15 is 0 Å². The molecule has 0 spiro atoms. The van der Waals surface area contributed by atoms with E-state index in [4.69, 9.17) is 0 Å². The Kier molecular flexibility index (Phi) is 1.42. The first kappa shape index (κ1) is 4.34. The van der Waals surface area contributed by atoms with Gasteiger partial charge < -0.3 is 9.84 Å². The number of ether oxygens (including phenoxy) is 1. The lowest BCUT2D eigenvalue weighted by Gasteiger charge is -2.01. The van der Waals surface area contributed by atoms with Crippen LogP contribution in [0, 0.1) is 0 Å². The Hall–Kier alpha value is -0.660. The molecule has 0 fully saturated rings. The summed E-state index contributed by atoms with van der Waals surface area (Å²) >= 11 is 0. The van der Waals surface area contributed by atoms with Crippen molar-refractivity contribution in [2.45, 2.75) is 0 Å². The second-order valence-electron chi connectivity index (χ2n) is 0.576. The molecule has 0 aliphatic carbocycles. The molecule has 0 saturated carbocycles. The van der Waals surface area contributed by atoms with E-state index < -0.39 is 5.95 Å². The van der Waals surface area contributed by atoms with Crippen LogP contribution in [0.15, 0.2) is 12.5 Å². The molecular formula is C3H5O2-. The summed E-state index contributed by atoms with van der Waals surface area (Å²) in [5, 5.41) is 9.48. The van der Waals surface area contributed by atoms with E-state index in [0.717, 1.165) is 0 Å². The smallest absolute Gasteiger partial charge is 0.0435 e. The molecule has 0 aromatic rings. The van der Waals surface area contributed by atoms with Crippen LogP contribution < -0.4 is 5.11 Å². The maximum Gasteiger partial charge on any atom is 0.0435 e. The Morgan fingerprint density at radius 2 is 2.20 bits per heavy atom. The second-order valence-corrected chi connectivity index (χ2v) is 0.576. The maximum absolute atomic E-state index is 9.48. The van der Waals surface area contributed by atoms with Gasteiger partial charge in [-0.2, -0.15) is 0 Å². The van der Waals surface area contributed by atoms with Crippen molar-refractivity contribution in [3.05, 3.63) is 12.5 Å². The van der Waals surface area contributed by atoms with Crippen molar-refractivity contribution >= 4 is 0 Å². The van der Waals surface area contributed by atoms with E-state index in [-0.39, 0.29) is 0 Å². The Balaban J connectivity index is 2.85. The Morgan fingerprint density at radius 1 is 2.00 bits per heavy atom. The third-order valence-electron chi connectivity index (χ3n) is 0.228. The Bertz CT molecular complexity index is 40.2. The quantitative estimate of drug-likeness (QED) is 0.390. The van der Waals surface area contributed by atoms with Crippen molar-refractivity contribution in [2.24, 2.45) is 0 Å². The molecule has 30 valence electrons. The normalized spacial score (nSPS) is 6.60. The van der Waals surface area contributed by atoms with Gasteiger partial charge in [-0.1, -0.05) is 6.58 Å². The Morgan fingerprint density at radius 3 is 2.20 bits per heavy atom. The van der Waals surface area contributed by atoms with Crippen LogP contribution in [-0.2, 0) is 4.74 Å². The van der Waals surface area contributed by atoms with Gasteiger partial charge in [0.05, 0.1) is 0 Å².